The van der Waals surface area contributed by atoms with Crippen LogP contribution in [0, 0.1) is 11.3 Å². The van der Waals surface area contributed by atoms with E-state index in [1.165, 1.54) is 26.3 Å². The number of carbonyl (C=O) groups is 1. The third kappa shape index (κ3) is 5.41. The molecule has 1 heterocycles. The van der Waals surface area contributed by atoms with Gasteiger partial charge in [0.25, 0.3) is 5.91 Å². The van der Waals surface area contributed by atoms with Gasteiger partial charge in [0.1, 0.15) is 10.6 Å². The highest BCUT2D eigenvalue weighted by Crippen LogP contribution is 2.25. The van der Waals surface area contributed by atoms with Crippen molar-refractivity contribution in [3.05, 3.63) is 59.2 Å². The first kappa shape index (κ1) is 22.7. The van der Waals surface area contributed by atoms with Gasteiger partial charge in [-0.05, 0) is 49.4 Å². The Bertz CT molecular complexity index is 1080. The largest absolute Gasteiger partial charge is 0.495 e. The molecule has 1 aliphatic heterocycles. The first-order valence-electron chi connectivity index (χ1n) is 10.00. The van der Waals surface area contributed by atoms with Crippen molar-refractivity contribution in [1.29, 1.82) is 5.26 Å². The zero-order chi connectivity index (χ0) is 22.4. The van der Waals surface area contributed by atoms with E-state index in [0.29, 0.717) is 30.8 Å². The minimum atomic E-state index is -3.76. The van der Waals surface area contributed by atoms with Crippen molar-refractivity contribution in [2.24, 2.45) is 0 Å². The molecule has 31 heavy (non-hydrogen) atoms. The van der Waals surface area contributed by atoms with E-state index in [9.17, 15) is 13.2 Å². The van der Waals surface area contributed by atoms with E-state index in [2.05, 4.69) is 15.7 Å². The lowest BCUT2D eigenvalue weighted by Crippen LogP contribution is -2.35. The van der Waals surface area contributed by atoms with Gasteiger partial charge in [-0.3, -0.25) is 9.69 Å². The van der Waals surface area contributed by atoms with Crippen LogP contribution in [-0.2, 0) is 16.6 Å². The number of nitrogens with zero attached hydrogens (tertiary/aromatic N) is 3. The van der Waals surface area contributed by atoms with Crippen LogP contribution in [0.2, 0.25) is 0 Å². The Morgan fingerprint density at radius 1 is 1.13 bits per heavy atom. The Labute approximate surface area is 183 Å². The predicted octanol–water partition coefficient (Wildman–Crippen LogP) is 1.82. The number of hydrogen-bond acceptors (Lipinski definition) is 6. The number of benzene rings is 2. The van der Waals surface area contributed by atoms with Gasteiger partial charge in [0.15, 0.2) is 0 Å². The Morgan fingerprint density at radius 3 is 2.52 bits per heavy atom. The van der Waals surface area contributed by atoms with Crippen LogP contribution in [0.4, 0.5) is 0 Å². The van der Waals surface area contributed by atoms with Crippen molar-refractivity contribution < 1.29 is 17.9 Å². The maximum absolute atomic E-state index is 13.1. The number of hydrogen-bond donors (Lipinski definition) is 1. The Balaban J connectivity index is 1.70. The molecule has 9 heteroatoms. The highest BCUT2D eigenvalue weighted by atomic mass is 32.2. The maximum Gasteiger partial charge on any atom is 0.253 e. The smallest absolute Gasteiger partial charge is 0.253 e. The number of rotatable bonds is 6. The number of carbonyl (C=O) groups excluding carboxylic acids is 1. The number of methoxy groups -OCH3 is 1. The molecule has 0 atom stereocenters. The predicted molar refractivity (Wildman–Crippen MR) is 116 cm³/mol. The van der Waals surface area contributed by atoms with E-state index in [1.807, 2.05) is 24.3 Å². The molecule has 164 valence electrons. The van der Waals surface area contributed by atoms with Gasteiger partial charge in [-0.25, -0.2) is 13.1 Å². The summed E-state index contributed by atoms with van der Waals surface area (Å²) in [6, 6.07) is 14.1. The van der Waals surface area contributed by atoms with E-state index < -0.39 is 10.0 Å². The van der Waals surface area contributed by atoms with Crippen molar-refractivity contribution in [1.82, 2.24) is 14.5 Å². The molecule has 0 bridgehead atoms. The topological polar surface area (TPSA) is 103 Å². The van der Waals surface area contributed by atoms with Gasteiger partial charge in [0, 0.05) is 38.3 Å². The van der Waals surface area contributed by atoms with Crippen LogP contribution in [-0.4, -0.2) is 64.5 Å². The molecule has 0 spiro atoms. The van der Waals surface area contributed by atoms with Crippen molar-refractivity contribution in [2.75, 3.05) is 40.3 Å². The third-order valence-electron chi connectivity index (χ3n) is 5.33. The zero-order valence-electron chi connectivity index (χ0n) is 17.7. The van der Waals surface area contributed by atoms with Crippen LogP contribution in [0.5, 0.6) is 5.75 Å². The quantitative estimate of drug-likeness (QED) is 0.732. The second kappa shape index (κ2) is 9.92. The van der Waals surface area contributed by atoms with Crippen LogP contribution < -0.4 is 9.46 Å². The van der Waals surface area contributed by atoms with E-state index in [4.69, 9.17) is 10.00 Å². The van der Waals surface area contributed by atoms with Crippen LogP contribution in [0.15, 0.2) is 47.4 Å². The fourth-order valence-electron chi connectivity index (χ4n) is 3.59. The molecule has 0 aromatic heterocycles. The van der Waals surface area contributed by atoms with Gasteiger partial charge in [-0.2, -0.15) is 5.26 Å². The van der Waals surface area contributed by atoms with E-state index >= 15 is 0 Å². The number of sulfonamides is 1. The fraction of sp³-hybridized carbons (Fsp3) is 0.364. The van der Waals surface area contributed by atoms with Crippen molar-refractivity contribution >= 4 is 15.9 Å². The first-order chi connectivity index (χ1) is 14.9. The number of amides is 1. The van der Waals surface area contributed by atoms with E-state index in [-0.39, 0.29) is 16.6 Å². The number of ether oxygens (including phenoxy) is 1. The summed E-state index contributed by atoms with van der Waals surface area (Å²) in [6.45, 7) is 3.47. The molecule has 0 radical (unpaired) electrons. The first-order valence-corrected chi connectivity index (χ1v) is 11.5. The van der Waals surface area contributed by atoms with Gasteiger partial charge in [0.05, 0.1) is 18.7 Å². The molecule has 0 unspecified atom stereocenters. The van der Waals surface area contributed by atoms with Crippen LogP contribution in [0.25, 0.3) is 0 Å². The average molecular weight is 443 g/mol. The Hall–Kier alpha value is -2.93. The average Bonchev–Trinajstić information content (AvgIpc) is 3.04. The van der Waals surface area contributed by atoms with Gasteiger partial charge in [-0.1, -0.05) is 12.1 Å². The molecule has 2 aromatic carbocycles. The molecule has 1 fully saturated rings. The molecule has 2 aromatic rings. The minimum absolute atomic E-state index is 0.0550. The highest BCUT2D eigenvalue weighted by molar-refractivity contribution is 7.89. The summed E-state index contributed by atoms with van der Waals surface area (Å²) >= 11 is 0. The molecular weight excluding hydrogens is 416 g/mol. The minimum Gasteiger partial charge on any atom is -0.495 e. The van der Waals surface area contributed by atoms with Gasteiger partial charge >= 0.3 is 0 Å². The molecule has 8 nitrogen and oxygen atoms in total. The van der Waals surface area contributed by atoms with Crippen LogP contribution in [0.3, 0.4) is 0 Å². The standard InChI is InChI=1S/C22H26N4O4S/c1-24-31(28,29)21-14-19(8-9-20(21)30-2)22(27)26-11-3-10-25(12-13-26)16-18-6-4-17(15-23)5-7-18/h4-9,14,24H,3,10-13,16H2,1-2H3. The second-order valence-electron chi connectivity index (χ2n) is 7.30. The maximum atomic E-state index is 13.1. The summed E-state index contributed by atoms with van der Waals surface area (Å²) < 4.78 is 32.0. The lowest BCUT2D eigenvalue weighted by molar-refractivity contribution is 0.0761. The molecule has 0 aliphatic carbocycles. The monoisotopic (exact) mass is 442 g/mol. The normalized spacial score (nSPS) is 15.2. The number of nitriles is 1. The van der Waals surface area contributed by atoms with Crippen LogP contribution in [0.1, 0.15) is 27.9 Å². The number of nitrogens with one attached hydrogen (secondary N) is 1. The Kier molecular flexibility index (Phi) is 7.28. The highest BCUT2D eigenvalue weighted by Gasteiger charge is 2.24. The summed E-state index contributed by atoms with van der Waals surface area (Å²) in [5, 5.41) is 8.93. The molecule has 0 saturated carbocycles. The summed E-state index contributed by atoms with van der Waals surface area (Å²) in [5.41, 5.74) is 2.07. The van der Waals surface area contributed by atoms with Gasteiger partial charge in [-0.15, -0.1) is 0 Å². The summed E-state index contributed by atoms with van der Waals surface area (Å²) in [7, 11) is -1.05. The molecule has 3 rings (SSSR count). The van der Waals surface area contributed by atoms with Crippen molar-refractivity contribution in [2.45, 2.75) is 17.9 Å². The molecular formula is C22H26N4O4S. The van der Waals surface area contributed by atoms with E-state index in [0.717, 1.165) is 25.1 Å². The molecule has 1 amide bonds. The fourth-order valence-corrected chi connectivity index (χ4v) is 4.51. The summed E-state index contributed by atoms with van der Waals surface area (Å²) in [4.78, 5) is 17.1. The summed E-state index contributed by atoms with van der Waals surface area (Å²) in [5.74, 6) is -0.00853. The van der Waals surface area contributed by atoms with Gasteiger partial charge in [0.2, 0.25) is 10.0 Å². The summed E-state index contributed by atoms with van der Waals surface area (Å²) in [6.07, 6.45) is 0.819. The molecule has 1 saturated heterocycles. The van der Waals surface area contributed by atoms with Crippen molar-refractivity contribution in [3.63, 3.8) is 0 Å². The van der Waals surface area contributed by atoms with Crippen molar-refractivity contribution in [3.8, 4) is 11.8 Å². The lowest BCUT2D eigenvalue weighted by atomic mass is 10.1. The lowest BCUT2D eigenvalue weighted by Gasteiger charge is -2.22. The molecule has 1 aliphatic rings. The second-order valence-corrected chi connectivity index (χ2v) is 9.16. The van der Waals surface area contributed by atoms with Gasteiger partial charge < -0.3 is 9.64 Å². The molecule has 1 N–H and O–H groups in total. The third-order valence-corrected chi connectivity index (χ3v) is 6.77. The zero-order valence-corrected chi connectivity index (χ0v) is 18.5. The Morgan fingerprint density at radius 2 is 1.87 bits per heavy atom. The van der Waals surface area contributed by atoms with E-state index in [1.54, 1.807) is 11.0 Å². The SMILES string of the molecule is CNS(=O)(=O)c1cc(C(=O)N2CCCN(Cc3ccc(C#N)cc3)CC2)ccc1OC. The van der Waals surface area contributed by atoms with Crippen LogP contribution >= 0.6 is 0 Å².